The van der Waals surface area contributed by atoms with Crippen LogP contribution in [-0.4, -0.2) is 11.9 Å². The number of hydrogen-bond acceptors (Lipinski definition) is 2. The second-order valence-electron chi connectivity index (χ2n) is 4.69. The number of carbonyl (C=O) groups is 1. The molecular formula is C12H15NOS. The molecule has 1 N–H and O–H groups in total. The highest BCUT2D eigenvalue weighted by Crippen LogP contribution is 2.44. The fourth-order valence-corrected chi connectivity index (χ4v) is 2.80. The van der Waals surface area contributed by atoms with Crippen LogP contribution in [-0.2, 0) is 0 Å². The highest BCUT2D eigenvalue weighted by molar-refractivity contribution is 7.08. The normalized spacial score (nSPS) is 20.6. The van der Waals surface area contributed by atoms with E-state index in [-0.39, 0.29) is 5.91 Å². The molecule has 2 saturated carbocycles. The summed E-state index contributed by atoms with van der Waals surface area (Å²) in [6.07, 6.45) is 5.24. The zero-order valence-electron chi connectivity index (χ0n) is 8.61. The van der Waals surface area contributed by atoms with Gasteiger partial charge in [-0.3, -0.25) is 4.79 Å². The van der Waals surface area contributed by atoms with Crippen molar-refractivity contribution in [2.75, 3.05) is 0 Å². The minimum atomic E-state index is 0.125. The van der Waals surface area contributed by atoms with Crippen LogP contribution in [0.4, 0.5) is 0 Å². The van der Waals surface area contributed by atoms with E-state index in [0.29, 0.717) is 6.04 Å². The van der Waals surface area contributed by atoms with E-state index in [9.17, 15) is 4.79 Å². The van der Waals surface area contributed by atoms with Crippen LogP contribution < -0.4 is 5.32 Å². The summed E-state index contributed by atoms with van der Waals surface area (Å²) in [6.45, 7) is 0. The first kappa shape index (κ1) is 9.40. The molecule has 0 aromatic carbocycles. The second-order valence-corrected chi connectivity index (χ2v) is 5.47. The smallest absolute Gasteiger partial charge is 0.252 e. The van der Waals surface area contributed by atoms with Crippen molar-refractivity contribution < 1.29 is 4.79 Å². The van der Waals surface area contributed by atoms with Gasteiger partial charge in [0.05, 0.1) is 0 Å². The summed E-state index contributed by atoms with van der Waals surface area (Å²) in [4.78, 5) is 11.9. The topological polar surface area (TPSA) is 29.1 Å². The van der Waals surface area contributed by atoms with Gasteiger partial charge in [0, 0.05) is 17.0 Å². The number of hydrogen-bond donors (Lipinski definition) is 1. The van der Waals surface area contributed by atoms with E-state index in [2.05, 4.69) is 5.32 Å². The predicted octanol–water partition coefficient (Wildman–Crippen LogP) is 2.67. The quantitative estimate of drug-likeness (QED) is 0.832. The first-order valence-corrected chi connectivity index (χ1v) is 6.62. The Bertz CT molecular complexity index is 340. The number of rotatable bonds is 4. The molecule has 0 atom stereocenters. The van der Waals surface area contributed by atoms with Gasteiger partial charge in [-0.15, -0.1) is 0 Å². The number of carbonyl (C=O) groups excluding carboxylic acids is 1. The van der Waals surface area contributed by atoms with E-state index >= 15 is 0 Å². The monoisotopic (exact) mass is 221 g/mol. The van der Waals surface area contributed by atoms with Crippen molar-refractivity contribution in [2.24, 2.45) is 11.8 Å². The van der Waals surface area contributed by atoms with Gasteiger partial charge in [0.2, 0.25) is 0 Å². The highest BCUT2D eigenvalue weighted by Gasteiger charge is 2.42. The summed E-state index contributed by atoms with van der Waals surface area (Å²) in [7, 11) is 0. The Kier molecular flexibility index (Phi) is 2.28. The molecule has 0 radical (unpaired) electrons. The highest BCUT2D eigenvalue weighted by atomic mass is 32.1. The van der Waals surface area contributed by atoms with E-state index in [1.165, 1.54) is 25.7 Å². The standard InChI is InChI=1S/C12H15NOS/c14-12(10-5-6-15-7-10)13-11(8-1-2-8)9-3-4-9/h5-9,11H,1-4H2,(H,13,14). The minimum Gasteiger partial charge on any atom is -0.349 e. The summed E-state index contributed by atoms with van der Waals surface area (Å²) >= 11 is 1.58. The molecule has 0 saturated heterocycles. The molecule has 2 nitrogen and oxygen atoms in total. The van der Waals surface area contributed by atoms with Gasteiger partial charge in [0.1, 0.15) is 0 Å². The van der Waals surface area contributed by atoms with Crippen LogP contribution in [0.15, 0.2) is 16.8 Å². The molecule has 2 aliphatic carbocycles. The number of amides is 1. The molecule has 15 heavy (non-hydrogen) atoms. The first-order valence-electron chi connectivity index (χ1n) is 5.67. The molecule has 0 unspecified atom stereocenters. The molecule has 0 bridgehead atoms. The van der Waals surface area contributed by atoms with Crippen molar-refractivity contribution in [3.05, 3.63) is 22.4 Å². The molecule has 1 aromatic rings. The third-order valence-corrected chi connectivity index (χ3v) is 4.02. The van der Waals surface area contributed by atoms with E-state index in [0.717, 1.165) is 17.4 Å². The molecule has 2 aliphatic rings. The van der Waals surface area contributed by atoms with Crippen molar-refractivity contribution in [3.8, 4) is 0 Å². The first-order chi connectivity index (χ1) is 7.34. The minimum absolute atomic E-state index is 0.125. The Balaban J connectivity index is 1.65. The lowest BCUT2D eigenvalue weighted by molar-refractivity contribution is 0.0927. The third-order valence-electron chi connectivity index (χ3n) is 3.34. The van der Waals surface area contributed by atoms with Crippen LogP contribution in [0.3, 0.4) is 0 Å². The third kappa shape index (κ3) is 2.07. The summed E-state index contributed by atoms with van der Waals surface area (Å²) < 4.78 is 0. The fourth-order valence-electron chi connectivity index (χ4n) is 2.16. The van der Waals surface area contributed by atoms with Crippen LogP contribution in [0.5, 0.6) is 0 Å². The van der Waals surface area contributed by atoms with Crippen molar-refractivity contribution in [3.63, 3.8) is 0 Å². The van der Waals surface area contributed by atoms with Crippen LogP contribution in [0.2, 0.25) is 0 Å². The van der Waals surface area contributed by atoms with Gasteiger partial charge in [-0.1, -0.05) is 0 Å². The summed E-state index contributed by atoms with van der Waals surface area (Å²) in [5.74, 6) is 1.68. The Hall–Kier alpha value is -0.830. The molecule has 3 heteroatoms. The lowest BCUT2D eigenvalue weighted by Crippen LogP contribution is -2.37. The molecule has 80 valence electrons. The molecule has 0 aliphatic heterocycles. The van der Waals surface area contributed by atoms with Crippen LogP contribution in [0, 0.1) is 11.8 Å². The SMILES string of the molecule is O=C(NC(C1CC1)C1CC1)c1ccsc1. The van der Waals surface area contributed by atoms with Gasteiger partial charge >= 0.3 is 0 Å². The average molecular weight is 221 g/mol. The molecular weight excluding hydrogens is 206 g/mol. The maximum Gasteiger partial charge on any atom is 0.252 e. The molecule has 1 amide bonds. The van der Waals surface area contributed by atoms with E-state index in [1.807, 2.05) is 16.8 Å². The van der Waals surface area contributed by atoms with Crippen molar-refractivity contribution in [1.29, 1.82) is 0 Å². The van der Waals surface area contributed by atoms with Gasteiger partial charge in [-0.2, -0.15) is 11.3 Å². The molecule has 1 aromatic heterocycles. The van der Waals surface area contributed by atoms with E-state index in [4.69, 9.17) is 0 Å². The number of nitrogens with one attached hydrogen (secondary N) is 1. The lowest BCUT2D eigenvalue weighted by atomic mass is 10.1. The maximum absolute atomic E-state index is 11.9. The second kappa shape index (κ2) is 3.63. The predicted molar refractivity (Wildman–Crippen MR) is 61.0 cm³/mol. The van der Waals surface area contributed by atoms with Crippen LogP contribution in [0.1, 0.15) is 36.0 Å². The lowest BCUT2D eigenvalue weighted by Gasteiger charge is -2.16. The van der Waals surface area contributed by atoms with Crippen LogP contribution in [0.25, 0.3) is 0 Å². The Morgan fingerprint density at radius 1 is 1.33 bits per heavy atom. The van der Waals surface area contributed by atoms with Crippen LogP contribution >= 0.6 is 11.3 Å². The zero-order valence-corrected chi connectivity index (χ0v) is 9.43. The number of thiophene rings is 1. The molecule has 3 rings (SSSR count). The largest absolute Gasteiger partial charge is 0.349 e. The Morgan fingerprint density at radius 3 is 2.47 bits per heavy atom. The zero-order chi connectivity index (χ0) is 10.3. The summed E-state index contributed by atoms with van der Waals surface area (Å²) in [5, 5.41) is 7.09. The molecule has 2 fully saturated rings. The maximum atomic E-state index is 11.9. The Labute approximate surface area is 93.7 Å². The van der Waals surface area contributed by atoms with Gasteiger partial charge in [0.25, 0.3) is 5.91 Å². The van der Waals surface area contributed by atoms with E-state index in [1.54, 1.807) is 11.3 Å². The van der Waals surface area contributed by atoms with Gasteiger partial charge < -0.3 is 5.32 Å². The molecule has 1 heterocycles. The van der Waals surface area contributed by atoms with Crippen molar-refractivity contribution >= 4 is 17.2 Å². The average Bonchev–Trinajstić information content (AvgIpc) is 3.15. The van der Waals surface area contributed by atoms with Crippen molar-refractivity contribution in [1.82, 2.24) is 5.32 Å². The van der Waals surface area contributed by atoms with Gasteiger partial charge in [-0.25, -0.2) is 0 Å². The summed E-state index contributed by atoms with van der Waals surface area (Å²) in [6, 6.07) is 2.37. The fraction of sp³-hybridized carbons (Fsp3) is 0.583. The Morgan fingerprint density at radius 2 is 2.00 bits per heavy atom. The molecule has 0 spiro atoms. The van der Waals surface area contributed by atoms with Gasteiger partial charge in [0.15, 0.2) is 0 Å². The van der Waals surface area contributed by atoms with E-state index < -0.39 is 0 Å². The van der Waals surface area contributed by atoms with Gasteiger partial charge in [-0.05, 0) is 49.0 Å². The summed E-state index contributed by atoms with van der Waals surface area (Å²) in [5.41, 5.74) is 0.825. The van der Waals surface area contributed by atoms with Crippen molar-refractivity contribution in [2.45, 2.75) is 31.7 Å².